The molecule has 0 radical (unpaired) electrons. The number of ether oxygens (including phenoxy) is 1. The summed E-state index contributed by atoms with van der Waals surface area (Å²) in [6.07, 6.45) is 5.98. The topological polar surface area (TPSA) is 96.0 Å². The number of nitrogens with zero attached hydrogens (tertiary/aromatic N) is 2. The Bertz CT molecular complexity index is 1450. The Hall–Kier alpha value is -3.85. The van der Waals surface area contributed by atoms with Crippen molar-refractivity contribution in [2.24, 2.45) is 0 Å². The van der Waals surface area contributed by atoms with Crippen molar-refractivity contribution >= 4 is 27.5 Å². The first kappa shape index (κ1) is 32.1. The molecule has 3 aromatic rings. The van der Waals surface area contributed by atoms with E-state index in [9.17, 15) is 18.0 Å². The molecule has 8 nitrogen and oxygen atoms in total. The van der Waals surface area contributed by atoms with E-state index in [0.717, 1.165) is 48.6 Å². The van der Waals surface area contributed by atoms with Crippen LogP contribution in [0.3, 0.4) is 0 Å². The van der Waals surface area contributed by atoms with E-state index in [-0.39, 0.29) is 43.8 Å². The Balaban J connectivity index is 1.58. The monoisotopic (exact) mass is 605 g/mol. The Morgan fingerprint density at radius 3 is 2.30 bits per heavy atom. The molecule has 1 fully saturated rings. The van der Waals surface area contributed by atoms with Gasteiger partial charge < -0.3 is 15.0 Å². The molecule has 0 saturated heterocycles. The van der Waals surface area contributed by atoms with E-state index in [2.05, 4.69) is 5.32 Å². The molecule has 1 aliphatic carbocycles. The number of aryl methyl sites for hydroxylation is 1. The Morgan fingerprint density at radius 1 is 0.953 bits per heavy atom. The molecule has 1 atom stereocenters. The number of methoxy groups -OCH3 is 1. The number of hydrogen-bond acceptors (Lipinski definition) is 5. The van der Waals surface area contributed by atoms with Gasteiger partial charge in [-0.15, -0.1) is 0 Å². The Labute approximate surface area is 256 Å². The van der Waals surface area contributed by atoms with Crippen molar-refractivity contribution in [3.63, 3.8) is 0 Å². The summed E-state index contributed by atoms with van der Waals surface area (Å²) in [5.41, 5.74) is 3.49. The smallest absolute Gasteiger partial charge is 0.243 e. The van der Waals surface area contributed by atoms with Gasteiger partial charge in [-0.1, -0.05) is 79.1 Å². The number of amides is 2. The van der Waals surface area contributed by atoms with Crippen LogP contribution in [0.15, 0.2) is 78.9 Å². The van der Waals surface area contributed by atoms with Gasteiger partial charge in [0.25, 0.3) is 0 Å². The van der Waals surface area contributed by atoms with Gasteiger partial charge in [-0.25, -0.2) is 8.42 Å². The number of anilines is 1. The maximum atomic E-state index is 14.0. The third-order valence-electron chi connectivity index (χ3n) is 7.94. The molecule has 0 unspecified atom stereocenters. The van der Waals surface area contributed by atoms with Gasteiger partial charge in [0.2, 0.25) is 21.8 Å². The highest BCUT2D eigenvalue weighted by Crippen LogP contribution is 2.25. The minimum atomic E-state index is -3.61. The molecule has 1 aliphatic rings. The minimum Gasteiger partial charge on any atom is -0.497 e. The summed E-state index contributed by atoms with van der Waals surface area (Å²) in [5, 5.41) is 3.22. The zero-order chi connectivity index (χ0) is 30.8. The van der Waals surface area contributed by atoms with Gasteiger partial charge in [0.15, 0.2) is 0 Å². The summed E-state index contributed by atoms with van der Waals surface area (Å²) < 4.78 is 32.0. The second kappa shape index (κ2) is 15.0. The quantitative estimate of drug-likeness (QED) is 0.271. The van der Waals surface area contributed by atoms with Gasteiger partial charge in [-0.2, -0.15) is 0 Å². The lowest BCUT2D eigenvalue weighted by Crippen LogP contribution is -2.52. The lowest BCUT2D eigenvalue weighted by atomic mass is 10.0. The molecule has 3 aromatic carbocycles. The zero-order valence-corrected chi connectivity index (χ0v) is 26.2. The summed E-state index contributed by atoms with van der Waals surface area (Å²) in [6, 6.07) is 24.0. The lowest BCUT2D eigenvalue weighted by molar-refractivity contribution is -0.141. The molecule has 0 aliphatic heterocycles. The molecule has 43 heavy (non-hydrogen) atoms. The van der Waals surface area contributed by atoms with E-state index in [1.807, 2.05) is 61.5 Å². The van der Waals surface area contributed by atoms with Crippen molar-refractivity contribution in [1.29, 1.82) is 0 Å². The number of nitrogens with one attached hydrogen (secondary N) is 1. The third-order valence-corrected chi connectivity index (χ3v) is 9.13. The lowest BCUT2D eigenvalue weighted by Gasteiger charge is -2.33. The van der Waals surface area contributed by atoms with Crippen LogP contribution in [0.5, 0.6) is 5.75 Å². The Kier molecular flexibility index (Phi) is 11.2. The summed E-state index contributed by atoms with van der Waals surface area (Å²) in [6.45, 7) is 2.41. The highest BCUT2D eigenvalue weighted by Gasteiger charge is 2.32. The van der Waals surface area contributed by atoms with Crippen LogP contribution in [-0.4, -0.2) is 57.1 Å². The molecule has 0 spiro atoms. The summed E-state index contributed by atoms with van der Waals surface area (Å²) in [7, 11) is -2.08. The van der Waals surface area contributed by atoms with Gasteiger partial charge in [0.1, 0.15) is 11.8 Å². The summed E-state index contributed by atoms with van der Waals surface area (Å²) in [5.74, 6) is 0.205. The fourth-order valence-corrected chi connectivity index (χ4v) is 6.54. The van der Waals surface area contributed by atoms with Crippen molar-refractivity contribution in [3.8, 4) is 5.75 Å². The molecule has 9 heteroatoms. The fraction of sp³-hybridized carbons (Fsp3) is 0.412. The number of hydrogen-bond donors (Lipinski definition) is 1. The molecular weight excluding hydrogens is 562 g/mol. The van der Waals surface area contributed by atoms with Crippen LogP contribution in [0.4, 0.5) is 5.69 Å². The van der Waals surface area contributed by atoms with Gasteiger partial charge in [0.05, 0.1) is 19.1 Å². The number of benzene rings is 3. The molecule has 1 N–H and O–H groups in total. The summed E-state index contributed by atoms with van der Waals surface area (Å²) >= 11 is 0. The predicted octanol–water partition coefficient (Wildman–Crippen LogP) is 5.25. The van der Waals surface area contributed by atoms with Crippen molar-refractivity contribution in [2.75, 3.05) is 24.2 Å². The van der Waals surface area contributed by atoms with Crippen molar-refractivity contribution in [1.82, 2.24) is 10.2 Å². The second-order valence-electron chi connectivity index (χ2n) is 11.3. The van der Waals surface area contributed by atoms with Crippen molar-refractivity contribution in [2.45, 2.75) is 70.5 Å². The molecule has 0 aromatic heterocycles. The van der Waals surface area contributed by atoms with Crippen LogP contribution in [-0.2, 0) is 32.6 Å². The largest absolute Gasteiger partial charge is 0.497 e. The van der Waals surface area contributed by atoms with Crippen LogP contribution >= 0.6 is 0 Å². The number of carbonyl (C=O) groups is 2. The normalized spacial score (nSPS) is 14.2. The second-order valence-corrected chi connectivity index (χ2v) is 13.2. The van der Waals surface area contributed by atoms with Crippen LogP contribution < -0.4 is 14.4 Å². The molecule has 2 amide bonds. The first-order valence-corrected chi connectivity index (χ1v) is 16.8. The third kappa shape index (κ3) is 9.32. The van der Waals surface area contributed by atoms with Gasteiger partial charge in [-0.05, 0) is 49.4 Å². The molecular formula is C34H43N3O5S. The van der Waals surface area contributed by atoms with Crippen molar-refractivity contribution in [3.05, 3.63) is 95.6 Å². The van der Waals surface area contributed by atoms with E-state index in [1.54, 1.807) is 29.2 Å². The first-order valence-electron chi connectivity index (χ1n) is 14.9. The van der Waals surface area contributed by atoms with E-state index >= 15 is 0 Å². The van der Waals surface area contributed by atoms with Crippen LogP contribution in [0.25, 0.3) is 0 Å². The van der Waals surface area contributed by atoms with E-state index < -0.39 is 16.1 Å². The van der Waals surface area contributed by atoms with Gasteiger partial charge in [-0.3, -0.25) is 13.9 Å². The average molecular weight is 606 g/mol. The minimum absolute atomic E-state index is 0.0872. The first-order chi connectivity index (χ1) is 20.6. The highest BCUT2D eigenvalue weighted by molar-refractivity contribution is 7.92. The summed E-state index contributed by atoms with van der Waals surface area (Å²) in [4.78, 5) is 29.5. The predicted molar refractivity (Wildman–Crippen MR) is 170 cm³/mol. The Morgan fingerprint density at radius 2 is 1.65 bits per heavy atom. The number of rotatable bonds is 14. The van der Waals surface area contributed by atoms with E-state index in [1.165, 1.54) is 11.4 Å². The standard InChI is InChI=1S/C34H43N3O5S/c1-26-18-20-28(21-19-26)25-36(32(23-27-11-5-4-6-12-27)34(39)35-29-13-7-8-14-29)33(38)17-10-22-37(43(3,40)41)30-15-9-16-31(24-30)42-2/h4-6,9,11-12,15-16,18-21,24,29,32H,7-8,10,13-14,17,22-23,25H2,1-3H3,(H,35,39)/t32-/m1/s1. The maximum Gasteiger partial charge on any atom is 0.243 e. The van der Waals surface area contributed by atoms with Crippen molar-refractivity contribution < 1.29 is 22.7 Å². The molecule has 230 valence electrons. The average Bonchev–Trinajstić information content (AvgIpc) is 3.51. The van der Waals surface area contributed by atoms with Crippen LogP contribution in [0.1, 0.15) is 55.2 Å². The molecule has 4 rings (SSSR count). The van der Waals surface area contributed by atoms with E-state index in [4.69, 9.17) is 4.74 Å². The van der Waals surface area contributed by atoms with Crippen LogP contribution in [0, 0.1) is 6.92 Å². The van der Waals surface area contributed by atoms with E-state index in [0.29, 0.717) is 17.9 Å². The fourth-order valence-electron chi connectivity index (χ4n) is 5.58. The highest BCUT2D eigenvalue weighted by atomic mass is 32.2. The zero-order valence-electron chi connectivity index (χ0n) is 25.4. The van der Waals surface area contributed by atoms with Crippen LogP contribution in [0.2, 0.25) is 0 Å². The maximum absolute atomic E-state index is 14.0. The molecule has 1 saturated carbocycles. The molecule has 0 heterocycles. The van der Waals surface area contributed by atoms with Gasteiger partial charge in [0, 0.05) is 38.0 Å². The SMILES string of the molecule is COc1cccc(N(CCCC(=O)N(Cc2ccc(C)cc2)[C@H](Cc2ccccc2)C(=O)NC2CCCC2)S(C)(=O)=O)c1. The number of carbonyl (C=O) groups excluding carboxylic acids is 2. The molecule has 0 bridgehead atoms. The van der Waals surface area contributed by atoms with Gasteiger partial charge >= 0.3 is 0 Å². The number of sulfonamides is 1.